The molecule has 7 heteroatoms. The van der Waals surface area contributed by atoms with Crippen LogP contribution in [-0.2, 0) is 16.0 Å². The van der Waals surface area contributed by atoms with Crippen LogP contribution in [0.1, 0.15) is 29.0 Å². The van der Waals surface area contributed by atoms with Crippen molar-refractivity contribution in [3.63, 3.8) is 0 Å². The van der Waals surface area contributed by atoms with Gasteiger partial charge in [0.1, 0.15) is 5.82 Å². The Morgan fingerprint density at radius 1 is 1.10 bits per heavy atom. The number of nitrogens with one attached hydrogen (secondary N) is 1. The van der Waals surface area contributed by atoms with E-state index in [-0.39, 0.29) is 30.6 Å². The number of benzene rings is 2. The van der Waals surface area contributed by atoms with Crippen LogP contribution in [-0.4, -0.2) is 35.3 Å². The summed E-state index contributed by atoms with van der Waals surface area (Å²) in [6.07, 6.45) is 2.02. The third-order valence-corrected chi connectivity index (χ3v) is 4.98. The lowest BCUT2D eigenvalue weighted by Crippen LogP contribution is -2.35. The fourth-order valence-electron chi connectivity index (χ4n) is 3.44. The molecule has 0 aliphatic heterocycles. The van der Waals surface area contributed by atoms with Gasteiger partial charge in [-0.1, -0.05) is 17.7 Å². The van der Waals surface area contributed by atoms with Crippen molar-refractivity contribution in [3.8, 4) is 11.3 Å². The SMILES string of the molecule is Cc1cc(C)c(NC(=O)CN(C)C(=O)CCc2ncc(-c3ccc(F)cc3)o2)c(C)c1. The molecule has 0 aliphatic carbocycles. The molecule has 31 heavy (non-hydrogen) atoms. The number of hydrogen-bond donors (Lipinski definition) is 1. The number of amides is 2. The van der Waals surface area contributed by atoms with Crippen LogP contribution in [0.4, 0.5) is 10.1 Å². The fraction of sp³-hybridized carbons (Fsp3) is 0.292. The predicted molar refractivity (Wildman–Crippen MR) is 117 cm³/mol. The molecule has 2 amide bonds. The molecule has 1 N–H and O–H groups in total. The number of hydrogen-bond acceptors (Lipinski definition) is 4. The van der Waals surface area contributed by atoms with E-state index < -0.39 is 0 Å². The first-order valence-corrected chi connectivity index (χ1v) is 10.0. The molecule has 162 valence electrons. The van der Waals surface area contributed by atoms with E-state index >= 15 is 0 Å². The maximum atomic E-state index is 13.0. The van der Waals surface area contributed by atoms with Crippen LogP contribution < -0.4 is 5.32 Å². The summed E-state index contributed by atoms with van der Waals surface area (Å²) in [5, 5.41) is 2.90. The van der Waals surface area contributed by atoms with Gasteiger partial charge in [0.25, 0.3) is 0 Å². The van der Waals surface area contributed by atoms with Crippen molar-refractivity contribution in [3.05, 3.63) is 71.0 Å². The minimum Gasteiger partial charge on any atom is -0.441 e. The van der Waals surface area contributed by atoms with E-state index in [1.54, 1.807) is 25.4 Å². The van der Waals surface area contributed by atoms with Crippen molar-refractivity contribution < 1.29 is 18.4 Å². The lowest BCUT2D eigenvalue weighted by molar-refractivity contribution is -0.133. The average molecular weight is 423 g/mol. The summed E-state index contributed by atoms with van der Waals surface area (Å²) in [5.41, 5.74) is 4.60. The van der Waals surface area contributed by atoms with Crippen molar-refractivity contribution in [2.75, 3.05) is 18.9 Å². The van der Waals surface area contributed by atoms with Gasteiger partial charge in [0.15, 0.2) is 11.7 Å². The number of likely N-dealkylation sites (N-methyl/N-ethyl adjacent to an activating group) is 1. The normalized spacial score (nSPS) is 10.7. The molecular weight excluding hydrogens is 397 g/mol. The molecule has 2 aromatic carbocycles. The van der Waals surface area contributed by atoms with Gasteiger partial charge in [0, 0.05) is 31.1 Å². The number of rotatable bonds is 7. The maximum absolute atomic E-state index is 13.0. The Hall–Kier alpha value is -3.48. The van der Waals surface area contributed by atoms with Crippen LogP contribution in [0.25, 0.3) is 11.3 Å². The van der Waals surface area contributed by atoms with Crippen molar-refractivity contribution in [2.24, 2.45) is 0 Å². The third kappa shape index (κ3) is 5.78. The highest BCUT2D eigenvalue weighted by atomic mass is 19.1. The second kappa shape index (κ2) is 9.55. The van der Waals surface area contributed by atoms with Crippen LogP contribution in [0.5, 0.6) is 0 Å². The Morgan fingerprint density at radius 3 is 2.39 bits per heavy atom. The van der Waals surface area contributed by atoms with E-state index in [1.807, 2.05) is 32.9 Å². The Morgan fingerprint density at radius 2 is 1.74 bits per heavy atom. The predicted octanol–water partition coefficient (Wildman–Crippen LogP) is 4.44. The topological polar surface area (TPSA) is 75.4 Å². The van der Waals surface area contributed by atoms with Crippen LogP contribution in [0.2, 0.25) is 0 Å². The Labute approximate surface area is 181 Å². The molecule has 1 heterocycles. The molecule has 6 nitrogen and oxygen atoms in total. The molecule has 0 spiro atoms. The van der Waals surface area contributed by atoms with Crippen LogP contribution >= 0.6 is 0 Å². The number of aromatic nitrogens is 1. The molecule has 3 rings (SSSR count). The molecule has 0 saturated carbocycles. The van der Waals surface area contributed by atoms with Gasteiger partial charge in [0.05, 0.1) is 12.7 Å². The monoisotopic (exact) mass is 423 g/mol. The number of halogens is 1. The van der Waals surface area contributed by atoms with Crippen LogP contribution in [0, 0.1) is 26.6 Å². The summed E-state index contributed by atoms with van der Waals surface area (Å²) in [6, 6.07) is 9.92. The second-order valence-electron chi connectivity index (χ2n) is 7.70. The summed E-state index contributed by atoms with van der Waals surface area (Å²) in [5.74, 6) is 0.166. The van der Waals surface area contributed by atoms with Gasteiger partial charge in [-0.05, 0) is 56.2 Å². The Kier molecular flexibility index (Phi) is 6.84. The lowest BCUT2D eigenvalue weighted by atomic mass is 10.1. The smallest absolute Gasteiger partial charge is 0.243 e. The van der Waals surface area contributed by atoms with E-state index in [0.29, 0.717) is 23.6 Å². The molecule has 0 fully saturated rings. The average Bonchev–Trinajstić information content (AvgIpc) is 3.18. The Bertz CT molecular complexity index is 1070. The Balaban J connectivity index is 1.52. The van der Waals surface area contributed by atoms with E-state index in [0.717, 1.165) is 22.4 Å². The second-order valence-corrected chi connectivity index (χ2v) is 7.70. The van der Waals surface area contributed by atoms with E-state index in [2.05, 4.69) is 10.3 Å². The lowest BCUT2D eigenvalue weighted by Gasteiger charge is -2.18. The van der Waals surface area contributed by atoms with Gasteiger partial charge < -0.3 is 14.6 Å². The van der Waals surface area contributed by atoms with Gasteiger partial charge in [0.2, 0.25) is 11.8 Å². The minimum absolute atomic E-state index is 0.0436. The van der Waals surface area contributed by atoms with Crippen molar-refractivity contribution in [1.29, 1.82) is 0 Å². The molecule has 0 bridgehead atoms. The first-order chi connectivity index (χ1) is 14.7. The molecule has 0 aliphatic rings. The number of oxazole rings is 1. The van der Waals surface area contributed by atoms with Crippen LogP contribution in [0.15, 0.2) is 47.0 Å². The summed E-state index contributed by atoms with van der Waals surface area (Å²) in [7, 11) is 1.59. The first-order valence-electron chi connectivity index (χ1n) is 10.0. The number of carbonyl (C=O) groups is 2. The molecule has 3 aromatic rings. The van der Waals surface area contributed by atoms with Gasteiger partial charge in [-0.2, -0.15) is 0 Å². The maximum Gasteiger partial charge on any atom is 0.243 e. The number of anilines is 1. The standard InChI is InChI=1S/C24H26FN3O3/c1-15-11-16(2)24(17(3)12-15)27-21(29)14-28(4)23(30)10-9-22-26-13-20(31-22)18-5-7-19(25)8-6-18/h5-8,11-13H,9-10,14H2,1-4H3,(H,27,29). The van der Waals surface area contributed by atoms with Crippen molar-refractivity contribution in [2.45, 2.75) is 33.6 Å². The minimum atomic E-state index is -0.325. The molecule has 0 radical (unpaired) electrons. The van der Waals surface area contributed by atoms with Crippen molar-refractivity contribution in [1.82, 2.24) is 9.88 Å². The van der Waals surface area contributed by atoms with Gasteiger partial charge in [-0.15, -0.1) is 0 Å². The zero-order valence-corrected chi connectivity index (χ0v) is 18.2. The van der Waals surface area contributed by atoms with Crippen LogP contribution in [0.3, 0.4) is 0 Å². The molecule has 0 atom stereocenters. The highest BCUT2D eigenvalue weighted by Gasteiger charge is 2.16. The highest BCUT2D eigenvalue weighted by Crippen LogP contribution is 2.22. The quantitative estimate of drug-likeness (QED) is 0.610. The zero-order chi connectivity index (χ0) is 22.5. The third-order valence-electron chi connectivity index (χ3n) is 4.98. The van der Waals surface area contributed by atoms with Gasteiger partial charge in [-0.3, -0.25) is 9.59 Å². The molecule has 0 saturated heterocycles. The summed E-state index contributed by atoms with van der Waals surface area (Å²) in [4.78, 5) is 30.4. The van der Waals surface area contributed by atoms with E-state index in [9.17, 15) is 14.0 Å². The zero-order valence-electron chi connectivity index (χ0n) is 18.2. The summed E-state index contributed by atoms with van der Waals surface area (Å²) in [6.45, 7) is 5.86. The molecule has 1 aromatic heterocycles. The fourth-order valence-corrected chi connectivity index (χ4v) is 3.44. The molecular formula is C24H26FN3O3. The van der Waals surface area contributed by atoms with Gasteiger partial charge >= 0.3 is 0 Å². The highest BCUT2D eigenvalue weighted by molar-refractivity contribution is 5.95. The largest absolute Gasteiger partial charge is 0.441 e. The van der Waals surface area contributed by atoms with Gasteiger partial charge in [-0.25, -0.2) is 9.37 Å². The number of aryl methyl sites for hydroxylation is 4. The summed E-state index contributed by atoms with van der Waals surface area (Å²) < 4.78 is 18.7. The number of nitrogens with zero attached hydrogens (tertiary/aromatic N) is 2. The van der Waals surface area contributed by atoms with E-state index in [4.69, 9.17) is 4.42 Å². The van der Waals surface area contributed by atoms with Crippen molar-refractivity contribution >= 4 is 17.5 Å². The summed E-state index contributed by atoms with van der Waals surface area (Å²) >= 11 is 0. The van der Waals surface area contributed by atoms with E-state index in [1.165, 1.54) is 17.0 Å². The molecule has 0 unspecified atom stereocenters. The number of carbonyl (C=O) groups excluding carboxylic acids is 2. The first kappa shape index (κ1) is 22.2.